The number of aliphatic imine (C=N–C) groups is 1. The van der Waals surface area contributed by atoms with E-state index in [0.717, 1.165) is 42.8 Å². The number of anilines is 1. The van der Waals surface area contributed by atoms with Gasteiger partial charge in [0.2, 0.25) is 5.95 Å². The summed E-state index contributed by atoms with van der Waals surface area (Å²) in [7, 11) is 0. The molecule has 2 aromatic heterocycles. The van der Waals surface area contributed by atoms with E-state index in [0.29, 0.717) is 12.5 Å². The van der Waals surface area contributed by atoms with Gasteiger partial charge >= 0.3 is 0 Å². The maximum atomic E-state index is 6.13. The monoisotopic (exact) mass is 331 g/mol. The molecule has 2 N–H and O–H groups in total. The average Bonchev–Trinajstić information content (AvgIpc) is 2.92. The van der Waals surface area contributed by atoms with E-state index in [2.05, 4.69) is 36.7 Å². The van der Waals surface area contributed by atoms with Crippen molar-refractivity contribution in [2.24, 2.45) is 10.7 Å². The van der Waals surface area contributed by atoms with Crippen LogP contribution in [0, 0.1) is 13.8 Å². The van der Waals surface area contributed by atoms with E-state index >= 15 is 0 Å². The first-order chi connectivity index (χ1) is 11.1. The van der Waals surface area contributed by atoms with Gasteiger partial charge in [0, 0.05) is 43.4 Å². The summed E-state index contributed by atoms with van der Waals surface area (Å²) < 4.78 is 0. The third kappa shape index (κ3) is 3.76. The Hall–Kier alpha value is -2.22. The number of nitrogens with two attached hydrogens (primary N) is 1. The number of aryl methyl sites for hydroxylation is 2. The Bertz CT molecular complexity index is 655. The zero-order valence-corrected chi connectivity index (χ0v) is 14.3. The maximum absolute atomic E-state index is 6.13. The van der Waals surface area contributed by atoms with E-state index < -0.39 is 0 Å². The van der Waals surface area contributed by atoms with Gasteiger partial charge in [-0.05, 0) is 19.9 Å². The first-order valence-corrected chi connectivity index (χ1v) is 8.45. The number of hydrogen-bond donors (Lipinski definition) is 1. The summed E-state index contributed by atoms with van der Waals surface area (Å²) in [6.07, 6.45) is 3.53. The van der Waals surface area contributed by atoms with Crippen molar-refractivity contribution in [3.63, 3.8) is 0 Å². The molecular formula is C15H21N7S. The number of piperazine rings is 1. The molecule has 23 heavy (non-hydrogen) atoms. The van der Waals surface area contributed by atoms with Gasteiger partial charge in [0.1, 0.15) is 5.01 Å². The highest BCUT2D eigenvalue weighted by Gasteiger charge is 2.19. The smallest absolute Gasteiger partial charge is 0.225 e. The fraction of sp³-hybridized carbons (Fsp3) is 0.467. The number of thiazole rings is 1. The Morgan fingerprint density at radius 3 is 2.52 bits per heavy atom. The summed E-state index contributed by atoms with van der Waals surface area (Å²) in [5, 5.41) is 1.01. The Kier molecular flexibility index (Phi) is 4.71. The van der Waals surface area contributed by atoms with Crippen molar-refractivity contribution in [3.8, 4) is 0 Å². The van der Waals surface area contributed by atoms with E-state index in [4.69, 9.17) is 5.73 Å². The highest BCUT2D eigenvalue weighted by Crippen LogP contribution is 2.17. The number of nitrogens with zero attached hydrogens (tertiary/aromatic N) is 6. The molecule has 3 heterocycles. The van der Waals surface area contributed by atoms with Crippen molar-refractivity contribution in [2.75, 3.05) is 31.1 Å². The summed E-state index contributed by atoms with van der Waals surface area (Å²) in [6, 6.07) is 1.83. The second-order valence-corrected chi connectivity index (χ2v) is 6.73. The van der Waals surface area contributed by atoms with Crippen LogP contribution in [0.1, 0.15) is 15.6 Å². The molecule has 1 saturated heterocycles. The summed E-state index contributed by atoms with van der Waals surface area (Å²) in [4.78, 5) is 23.1. The van der Waals surface area contributed by atoms with Crippen LogP contribution in [0.3, 0.4) is 0 Å². The van der Waals surface area contributed by atoms with Gasteiger partial charge < -0.3 is 15.5 Å². The minimum Gasteiger partial charge on any atom is -0.370 e. The van der Waals surface area contributed by atoms with Crippen LogP contribution >= 0.6 is 11.3 Å². The minimum atomic E-state index is 0.549. The predicted octanol–water partition coefficient (Wildman–Crippen LogP) is 1.19. The molecule has 0 saturated carbocycles. The van der Waals surface area contributed by atoms with Crippen LogP contribution in [0.5, 0.6) is 0 Å². The lowest BCUT2D eigenvalue weighted by molar-refractivity contribution is 0.378. The SMILES string of the molecule is Cc1nc(CN=C(N)N2CCN(c3ncccn3)CC2)sc1C. The molecule has 8 heteroatoms. The van der Waals surface area contributed by atoms with E-state index in [-0.39, 0.29) is 0 Å². The molecule has 0 radical (unpaired) electrons. The molecular weight excluding hydrogens is 310 g/mol. The van der Waals surface area contributed by atoms with Crippen LogP contribution in [-0.4, -0.2) is 52.0 Å². The molecule has 0 spiro atoms. The fourth-order valence-electron chi connectivity index (χ4n) is 2.45. The van der Waals surface area contributed by atoms with E-state index in [9.17, 15) is 0 Å². The third-order valence-corrected chi connectivity index (χ3v) is 4.95. The summed E-state index contributed by atoms with van der Waals surface area (Å²) in [5.41, 5.74) is 7.21. The van der Waals surface area contributed by atoms with Gasteiger partial charge in [-0.3, -0.25) is 0 Å². The largest absolute Gasteiger partial charge is 0.370 e. The van der Waals surface area contributed by atoms with Crippen LogP contribution in [0.25, 0.3) is 0 Å². The molecule has 2 aromatic rings. The molecule has 1 aliphatic rings. The number of rotatable bonds is 3. The van der Waals surface area contributed by atoms with E-state index in [1.165, 1.54) is 4.88 Å². The Morgan fingerprint density at radius 2 is 1.91 bits per heavy atom. The van der Waals surface area contributed by atoms with Crippen LogP contribution < -0.4 is 10.6 Å². The second-order valence-electron chi connectivity index (χ2n) is 5.45. The van der Waals surface area contributed by atoms with Crippen LogP contribution in [-0.2, 0) is 6.54 Å². The molecule has 0 unspecified atom stereocenters. The number of guanidine groups is 1. The molecule has 0 bridgehead atoms. The first-order valence-electron chi connectivity index (χ1n) is 7.63. The minimum absolute atomic E-state index is 0.549. The van der Waals surface area contributed by atoms with Crippen molar-refractivity contribution >= 4 is 23.2 Å². The second kappa shape index (κ2) is 6.91. The maximum Gasteiger partial charge on any atom is 0.225 e. The highest BCUT2D eigenvalue weighted by atomic mass is 32.1. The van der Waals surface area contributed by atoms with Gasteiger partial charge in [0.05, 0.1) is 12.2 Å². The molecule has 0 aromatic carbocycles. The molecule has 0 atom stereocenters. The van der Waals surface area contributed by atoms with Crippen molar-refractivity contribution < 1.29 is 0 Å². The lowest BCUT2D eigenvalue weighted by Crippen LogP contribution is -2.51. The number of aromatic nitrogens is 3. The average molecular weight is 331 g/mol. The fourth-order valence-corrected chi connectivity index (χ4v) is 3.30. The molecule has 122 valence electrons. The Morgan fingerprint density at radius 1 is 1.22 bits per heavy atom. The normalized spacial score (nSPS) is 16.0. The lowest BCUT2D eigenvalue weighted by atomic mass is 10.3. The molecule has 1 fully saturated rings. The predicted molar refractivity (Wildman–Crippen MR) is 92.7 cm³/mol. The molecule has 0 aliphatic carbocycles. The highest BCUT2D eigenvalue weighted by molar-refractivity contribution is 7.11. The Balaban J connectivity index is 1.55. The Labute approximate surface area is 139 Å². The molecule has 3 rings (SSSR count). The van der Waals surface area contributed by atoms with Crippen LogP contribution in [0.4, 0.5) is 5.95 Å². The van der Waals surface area contributed by atoms with Gasteiger partial charge in [0.15, 0.2) is 5.96 Å². The lowest BCUT2D eigenvalue weighted by Gasteiger charge is -2.35. The topological polar surface area (TPSA) is 83.5 Å². The quantitative estimate of drug-likeness (QED) is 0.672. The first kappa shape index (κ1) is 15.7. The van der Waals surface area contributed by atoms with Gasteiger partial charge in [-0.2, -0.15) is 0 Å². The van der Waals surface area contributed by atoms with Crippen molar-refractivity contribution in [2.45, 2.75) is 20.4 Å². The van der Waals surface area contributed by atoms with E-state index in [1.54, 1.807) is 23.7 Å². The van der Waals surface area contributed by atoms with Crippen LogP contribution in [0.2, 0.25) is 0 Å². The van der Waals surface area contributed by atoms with Gasteiger partial charge in [0.25, 0.3) is 0 Å². The molecule has 0 amide bonds. The summed E-state index contributed by atoms with van der Waals surface area (Å²) in [6.45, 7) is 7.98. The molecule has 7 nitrogen and oxygen atoms in total. The van der Waals surface area contributed by atoms with Gasteiger partial charge in [-0.25, -0.2) is 19.9 Å². The third-order valence-electron chi connectivity index (χ3n) is 3.89. The van der Waals surface area contributed by atoms with Gasteiger partial charge in [-0.1, -0.05) is 0 Å². The molecule has 1 aliphatic heterocycles. The number of hydrogen-bond acceptors (Lipinski definition) is 6. The summed E-state index contributed by atoms with van der Waals surface area (Å²) in [5.74, 6) is 1.36. The van der Waals surface area contributed by atoms with Crippen LogP contribution in [0.15, 0.2) is 23.5 Å². The summed E-state index contributed by atoms with van der Waals surface area (Å²) >= 11 is 1.68. The van der Waals surface area contributed by atoms with Crippen molar-refractivity contribution in [1.82, 2.24) is 19.9 Å². The van der Waals surface area contributed by atoms with Crippen molar-refractivity contribution in [3.05, 3.63) is 34.0 Å². The zero-order valence-electron chi connectivity index (χ0n) is 13.4. The van der Waals surface area contributed by atoms with Crippen molar-refractivity contribution in [1.29, 1.82) is 0 Å². The van der Waals surface area contributed by atoms with E-state index in [1.807, 2.05) is 13.0 Å². The van der Waals surface area contributed by atoms with Gasteiger partial charge in [-0.15, -0.1) is 11.3 Å². The standard InChI is InChI=1S/C15H21N7S/c1-11-12(2)23-13(20-11)10-19-14(16)21-6-8-22(9-7-21)15-17-4-3-5-18-15/h3-5H,6-10H2,1-2H3,(H2,16,19). The zero-order chi connectivity index (χ0) is 16.2.